The van der Waals surface area contributed by atoms with Gasteiger partial charge in [0.1, 0.15) is 0 Å². The number of aliphatic hydroxyl groups excluding tert-OH is 1. The minimum absolute atomic E-state index is 0.319. The van der Waals surface area contributed by atoms with Gasteiger partial charge < -0.3 is 5.11 Å². The van der Waals surface area contributed by atoms with Crippen molar-refractivity contribution in [2.45, 2.75) is 91.1 Å². The number of rotatable bonds is 4. The van der Waals surface area contributed by atoms with Crippen molar-refractivity contribution < 1.29 is 5.11 Å². The van der Waals surface area contributed by atoms with Crippen molar-refractivity contribution >= 4 is 0 Å². The number of allylic oxidation sites excluding steroid dienone is 3. The van der Waals surface area contributed by atoms with Gasteiger partial charge in [0.15, 0.2) is 0 Å². The molecule has 0 bridgehead atoms. The van der Waals surface area contributed by atoms with Crippen molar-refractivity contribution in [1.82, 2.24) is 0 Å². The molecule has 0 radical (unpaired) electrons. The minimum Gasteiger partial charge on any atom is -0.388 e. The van der Waals surface area contributed by atoms with Crippen LogP contribution in [0.5, 0.6) is 0 Å². The maximum Gasteiger partial charge on any atom is 0.0787 e. The Labute approximate surface area is 155 Å². The number of hydrogen-bond acceptors (Lipinski definition) is 1. The van der Waals surface area contributed by atoms with E-state index >= 15 is 0 Å². The van der Waals surface area contributed by atoms with Gasteiger partial charge in [0.2, 0.25) is 0 Å². The minimum atomic E-state index is -0.319. The van der Waals surface area contributed by atoms with Crippen molar-refractivity contribution in [2.75, 3.05) is 0 Å². The first kappa shape index (κ1) is 19.0. The van der Waals surface area contributed by atoms with Crippen molar-refractivity contribution in [3.63, 3.8) is 0 Å². The monoisotopic (exact) mass is 342 g/mol. The Hall–Kier alpha value is -0.820. The summed E-state index contributed by atoms with van der Waals surface area (Å²) >= 11 is 0. The number of aliphatic hydroxyl groups is 1. The van der Waals surface area contributed by atoms with Gasteiger partial charge in [0.05, 0.1) is 6.10 Å². The molecule has 1 heteroatoms. The second-order valence-electron chi connectivity index (χ2n) is 9.23. The van der Waals surface area contributed by atoms with E-state index < -0.39 is 0 Å². The largest absolute Gasteiger partial charge is 0.388 e. The normalized spacial score (nSPS) is 40.5. The Bertz CT molecular complexity index is 554. The molecule has 0 amide bonds. The fraction of sp³-hybridized carbons (Fsp3) is 0.750. The summed E-state index contributed by atoms with van der Waals surface area (Å²) in [6, 6.07) is 0. The SMILES string of the molecule is C=C1/C(=C\C=C2/CCCC3(C)C2CCC3[C@H](C)CCC)CCCC1O. The standard InChI is InChI=1S/C24H38O/c1-5-8-17(2)21-14-15-22-20(10-7-16-24(21,22)4)13-12-19-9-6-11-23(25)18(19)3/h12-13,17,21-23,25H,3,5-11,14-16H2,1-2,4H3/b19-12-,20-13+/t17-,21?,22?,23?,24?/m1/s1. The van der Waals surface area contributed by atoms with Crippen molar-refractivity contribution in [2.24, 2.45) is 23.2 Å². The molecule has 0 spiro atoms. The molecular formula is C24H38O. The Kier molecular flexibility index (Phi) is 5.93. The van der Waals surface area contributed by atoms with Crippen molar-refractivity contribution in [3.8, 4) is 0 Å². The predicted octanol–water partition coefficient (Wildman–Crippen LogP) is 6.59. The van der Waals surface area contributed by atoms with E-state index in [1.165, 1.54) is 50.5 Å². The van der Waals surface area contributed by atoms with E-state index in [2.05, 4.69) is 39.5 Å². The van der Waals surface area contributed by atoms with E-state index in [-0.39, 0.29) is 6.10 Å². The zero-order chi connectivity index (χ0) is 18.0. The molecule has 3 aliphatic carbocycles. The Balaban J connectivity index is 1.79. The summed E-state index contributed by atoms with van der Waals surface area (Å²) < 4.78 is 0. The molecule has 3 saturated carbocycles. The van der Waals surface area contributed by atoms with Crippen LogP contribution in [-0.2, 0) is 0 Å². The zero-order valence-electron chi connectivity index (χ0n) is 16.7. The molecule has 140 valence electrons. The first-order chi connectivity index (χ1) is 12.0. The zero-order valence-corrected chi connectivity index (χ0v) is 16.7. The van der Waals surface area contributed by atoms with Gasteiger partial charge in [-0.15, -0.1) is 0 Å². The average Bonchev–Trinajstić information content (AvgIpc) is 2.94. The summed E-state index contributed by atoms with van der Waals surface area (Å²) in [6.45, 7) is 11.5. The summed E-state index contributed by atoms with van der Waals surface area (Å²) in [7, 11) is 0. The van der Waals surface area contributed by atoms with E-state index in [1.54, 1.807) is 5.57 Å². The molecule has 0 aliphatic heterocycles. The highest BCUT2D eigenvalue weighted by Crippen LogP contribution is 2.59. The second kappa shape index (κ2) is 7.82. The van der Waals surface area contributed by atoms with Gasteiger partial charge >= 0.3 is 0 Å². The molecule has 4 unspecified atom stereocenters. The smallest absolute Gasteiger partial charge is 0.0787 e. The van der Waals surface area contributed by atoms with Gasteiger partial charge in [0.25, 0.3) is 0 Å². The van der Waals surface area contributed by atoms with Crippen LogP contribution in [0.25, 0.3) is 0 Å². The molecule has 3 aliphatic rings. The molecule has 0 aromatic heterocycles. The molecule has 0 aromatic carbocycles. The molecule has 0 heterocycles. The summed E-state index contributed by atoms with van der Waals surface area (Å²) in [4.78, 5) is 0. The fourth-order valence-electron chi connectivity index (χ4n) is 6.30. The average molecular weight is 343 g/mol. The highest BCUT2D eigenvalue weighted by Gasteiger charge is 2.50. The van der Waals surface area contributed by atoms with Gasteiger partial charge in [-0.25, -0.2) is 0 Å². The molecule has 3 rings (SSSR count). The third kappa shape index (κ3) is 3.68. The molecule has 0 aromatic rings. The lowest BCUT2D eigenvalue weighted by Crippen LogP contribution is -2.35. The van der Waals surface area contributed by atoms with Crippen LogP contribution < -0.4 is 0 Å². The topological polar surface area (TPSA) is 20.2 Å². The quantitative estimate of drug-likeness (QED) is 0.611. The van der Waals surface area contributed by atoms with E-state index in [0.717, 1.165) is 42.6 Å². The summed E-state index contributed by atoms with van der Waals surface area (Å²) in [5, 5.41) is 10.1. The van der Waals surface area contributed by atoms with Crippen LogP contribution in [0, 0.1) is 23.2 Å². The lowest BCUT2D eigenvalue weighted by Gasteiger charge is -2.44. The third-order valence-corrected chi connectivity index (χ3v) is 7.71. The van der Waals surface area contributed by atoms with Crippen molar-refractivity contribution in [1.29, 1.82) is 0 Å². The Morgan fingerprint density at radius 3 is 2.76 bits per heavy atom. The van der Waals surface area contributed by atoms with Crippen LogP contribution in [0.1, 0.15) is 85.0 Å². The van der Waals surface area contributed by atoms with Gasteiger partial charge in [-0.2, -0.15) is 0 Å². The number of fused-ring (bicyclic) bond motifs is 1. The van der Waals surface area contributed by atoms with E-state index in [9.17, 15) is 5.11 Å². The van der Waals surface area contributed by atoms with Crippen LogP contribution in [0.4, 0.5) is 0 Å². The van der Waals surface area contributed by atoms with Crippen molar-refractivity contribution in [3.05, 3.63) is 35.5 Å². The first-order valence-electron chi connectivity index (χ1n) is 10.7. The second-order valence-corrected chi connectivity index (χ2v) is 9.23. The van der Waals surface area contributed by atoms with Gasteiger partial charge in [-0.1, -0.05) is 57.9 Å². The fourth-order valence-corrected chi connectivity index (χ4v) is 6.30. The molecule has 25 heavy (non-hydrogen) atoms. The van der Waals surface area contributed by atoms with Gasteiger partial charge in [0, 0.05) is 0 Å². The number of hydrogen-bond donors (Lipinski definition) is 1. The lowest BCUT2D eigenvalue weighted by molar-refractivity contribution is 0.0940. The van der Waals surface area contributed by atoms with Crippen LogP contribution in [-0.4, -0.2) is 11.2 Å². The molecule has 0 saturated heterocycles. The molecule has 5 atom stereocenters. The van der Waals surface area contributed by atoms with E-state index in [1.807, 2.05) is 0 Å². The van der Waals surface area contributed by atoms with Gasteiger partial charge in [-0.3, -0.25) is 0 Å². The van der Waals surface area contributed by atoms with Gasteiger partial charge in [-0.05, 0) is 85.7 Å². The third-order valence-electron chi connectivity index (χ3n) is 7.71. The van der Waals surface area contributed by atoms with Crippen LogP contribution in [0.2, 0.25) is 0 Å². The summed E-state index contributed by atoms with van der Waals surface area (Å²) in [6.07, 6.45) is 17.0. The maximum atomic E-state index is 10.1. The molecule has 1 nitrogen and oxygen atoms in total. The molecule has 3 fully saturated rings. The van der Waals surface area contributed by atoms with Crippen LogP contribution in [0.15, 0.2) is 35.5 Å². The molecule has 1 N–H and O–H groups in total. The first-order valence-corrected chi connectivity index (χ1v) is 10.7. The predicted molar refractivity (Wildman–Crippen MR) is 107 cm³/mol. The maximum absolute atomic E-state index is 10.1. The lowest BCUT2D eigenvalue weighted by atomic mass is 9.61. The Morgan fingerprint density at radius 1 is 1.20 bits per heavy atom. The van der Waals surface area contributed by atoms with E-state index in [4.69, 9.17) is 0 Å². The summed E-state index contributed by atoms with van der Waals surface area (Å²) in [5.74, 6) is 2.55. The molecular weight excluding hydrogens is 304 g/mol. The van der Waals surface area contributed by atoms with Crippen LogP contribution in [0.3, 0.4) is 0 Å². The Morgan fingerprint density at radius 2 is 2.00 bits per heavy atom. The highest BCUT2D eigenvalue weighted by atomic mass is 16.3. The van der Waals surface area contributed by atoms with Crippen LogP contribution >= 0.6 is 0 Å². The summed E-state index contributed by atoms with van der Waals surface area (Å²) in [5.41, 5.74) is 4.44. The highest BCUT2D eigenvalue weighted by molar-refractivity contribution is 5.37. The van der Waals surface area contributed by atoms with E-state index in [0.29, 0.717) is 5.41 Å².